The second-order valence-corrected chi connectivity index (χ2v) is 10.1. The number of hydrogen-bond donors (Lipinski definition) is 2. The molecule has 1 amide bonds. The first-order valence-electron chi connectivity index (χ1n) is 11.9. The minimum absolute atomic E-state index is 0.0915. The van der Waals surface area contributed by atoms with Crippen LogP contribution in [0.1, 0.15) is 69.9 Å². The number of benzene rings is 2. The Morgan fingerprint density at radius 2 is 1.79 bits per heavy atom. The number of carbonyl (C=O) groups excluding carboxylic acids is 1. The van der Waals surface area contributed by atoms with Gasteiger partial charge in [0, 0.05) is 23.1 Å². The molecular formula is C27H31ClN4O2. The molecule has 1 aliphatic rings. The number of aromatic nitrogens is 3. The molecular weight excluding hydrogens is 448 g/mol. The summed E-state index contributed by atoms with van der Waals surface area (Å²) in [5.74, 6) is 1.11. The molecule has 0 bridgehead atoms. The smallest absolute Gasteiger partial charge is 0.318 e. The average Bonchev–Trinajstić information content (AvgIpc) is 2.83. The molecule has 1 aromatic heterocycles. The number of aromatic hydroxyl groups is 1. The summed E-state index contributed by atoms with van der Waals surface area (Å²) < 4.78 is 0. The van der Waals surface area contributed by atoms with Gasteiger partial charge in [-0.2, -0.15) is 9.97 Å². The molecule has 4 rings (SSSR count). The SMILES string of the molecule is CC(C)c1cccc(-c2nc(O)nc(-c3cc(CNC(=O)C4(C)CCCCC4)ccc3Cl)n2)c1. The molecule has 1 fully saturated rings. The van der Waals surface area contributed by atoms with Gasteiger partial charge in [-0.3, -0.25) is 4.79 Å². The predicted molar refractivity (Wildman–Crippen MR) is 135 cm³/mol. The Morgan fingerprint density at radius 3 is 2.53 bits per heavy atom. The minimum Gasteiger partial charge on any atom is -0.479 e. The van der Waals surface area contributed by atoms with Crippen LogP contribution in [0.25, 0.3) is 22.8 Å². The van der Waals surface area contributed by atoms with Crippen molar-refractivity contribution >= 4 is 17.5 Å². The van der Waals surface area contributed by atoms with Crippen molar-refractivity contribution in [1.82, 2.24) is 20.3 Å². The van der Waals surface area contributed by atoms with Crippen LogP contribution in [0.5, 0.6) is 6.01 Å². The summed E-state index contributed by atoms with van der Waals surface area (Å²) in [5.41, 5.74) is 3.12. The molecule has 0 unspecified atom stereocenters. The van der Waals surface area contributed by atoms with Crippen molar-refractivity contribution in [3.05, 3.63) is 58.6 Å². The molecule has 0 radical (unpaired) electrons. The van der Waals surface area contributed by atoms with Crippen molar-refractivity contribution in [3.8, 4) is 28.8 Å². The standard InChI is InChI=1S/C27H31ClN4O2/c1-17(2)19-8-7-9-20(15-19)23-30-24(32-26(34)31-23)21-14-18(10-11-22(21)28)16-29-25(33)27(3)12-5-4-6-13-27/h7-11,14-15,17H,4-6,12-13,16H2,1-3H3,(H,29,33)(H,30,31,32,34). The first kappa shape index (κ1) is 24.1. The van der Waals surface area contributed by atoms with Gasteiger partial charge in [0.15, 0.2) is 11.6 Å². The summed E-state index contributed by atoms with van der Waals surface area (Å²) in [6.45, 7) is 6.68. The monoisotopic (exact) mass is 478 g/mol. The highest BCUT2D eigenvalue weighted by atomic mass is 35.5. The number of hydrogen-bond acceptors (Lipinski definition) is 5. The molecule has 6 nitrogen and oxygen atoms in total. The molecule has 3 aromatic rings. The lowest BCUT2D eigenvalue weighted by Gasteiger charge is -2.32. The Bertz CT molecular complexity index is 1190. The highest BCUT2D eigenvalue weighted by Crippen LogP contribution is 2.36. The number of amides is 1. The molecule has 0 saturated heterocycles. The maximum absolute atomic E-state index is 12.8. The van der Waals surface area contributed by atoms with Gasteiger partial charge in [0.1, 0.15) is 0 Å². The molecule has 0 atom stereocenters. The van der Waals surface area contributed by atoms with Crippen LogP contribution in [-0.2, 0) is 11.3 Å². The largest absolute Gasteiger partial charge is 0.479 e. The maximum Gasteiger partial charge on any atom is 0.318 e. The van der Waals surface area contributed by atoms with Crippen LogP contribution in [0, 0.1) is 5.41 Å². The Balaban J connectivity index is 1.59. The van der Waals surface area contributed by atoms with E-state index in [1.807, 2.05) is 30.3 Å². The number of rotatable bonds is 6. The van der Waals surface area contributed by atoms with E-state index in [0.717, 1.165) is 42.4 Å². The molecule has 34 heavy (non-hydrogen) atoms. The topological polar surface area (TPSA) is 88.0 Å². The van der Waals surface area contributed by atoms with Crippen LogP contribution < -0.4 is 5.32 Å². The van der Waals surface area contributed by atoms with Crippen LogP contribution in [-0.4, -0.2) is 26.0 Å². The molecule has 178 valence electrons. The van der Waals surface area contributed by atoms with Gasteiger partial charge in [0.25, 0.3) is 0 Å². The van der Waals surface area contributed by atoms with E-state index in [0.29, 0.717) is 28.9 Å². The van der Waals surface area contributed by atoms with Crippen molar-refractivity contribution in [1.29, 1.82) is 0 Å². The van der Waals surface area contributed by atoms with Crippen molar-refractivity contribution in [3.63, 3.8) is 0 Å². The number of nitrogens with one attached hydrogen (secondary N) is 1. The zero-order valence-corrected chi connectivity index (χ0v) is 20.7. The molecule has 2 aromatic carbocycles. The Kier molecular flexibility index (Phi) is 7.17. The van der Waals surface area contributed by atoms with E-state index in [2.05, 4.69) is 47.1 Å². The summed E-state index contributed by atoms with van der Waals surface area (Å²) in [6.07, 6.45) is 5.25. The van der Waals surface area contributed by atoms with E-state index in [4.69, 9.17) is 11.6 Å². The number of carbonyl (C=O) groups is 1. The van der Waals surface area contributed by atoms with Gasteiger partial charge in [-0.15, -0.1) is 0 Å². The summed E-state index contributed by atoms with van der Waals surface area (Å²) in [4.78, 5) is 25.7. The second-order valence-electron chi connectivity index (χ2n) is 9.68. The second kappa shape index (κ2) is 10.1. The molecule has 2 N–H and O–H groups in total. The predicted octanol–water partition coefficient (Wildman–Crippen LogP) is 6.27. The quantitative estimate of drug-likeness (QED) is 0.435. The molecule has 1 aliphatic carbocycles. The first-order valence-corrected chi connectivity index (χ1v) is 12.3. The van der Waals surface area contributed by atoms with Gasteiger partial charge in [-0.25, -0.2) is 4.98 Å². The lowest BCUT2D eigenvalue weighted by molar-refractivity contribution is -0.132. The lowest BCUT2D eigenvalue weighted by atomic mass is 9.75. The first-order chi connectivity index (χ1) is 16.2. The fourth-order valence-corrected chi connectivity index (χ4v) is 4.66. The van der Waals surface area contributed by atoms with E-state index in [-0.39, 0.29) is 23.2 Å². The van der Waals surface area contributed by atoms with E-state index in [1.165, 1.54) is 6.42 Å². The summed E-state index contributed by atoms with van der Waals surface area (Å²) in [6, 6.07) is 13.1. The van der Waals surface area contributed by atoms with E-state index in [1.54, 1.807) is 6.07 Å². The summed E-state index contributed by atoms with van der Waals surface area (Å²) >= 11 is 6.49. The normalized spacial score (nSPS) is 15.3. The van der Waals surface area contributed by atoms with Gasteiger partial charge in [0.05, 0.1) is 5.02 Å². The van der Waals surface area contributed by atoms with E-state index in [9.17, 15) is 9.90 Å². The van der Waals surface area contributed by atoms with Gasteiger partial charge in [0.2, 0.25) is 5.91 Å². The molecule has 1 heterocycles. The van der Waals surface area contributed by atoms with Crippen LogP contribution in [0.4, 0.5) is 0 Å². The van der Waals surface area contributed by atoms with Crippen LogP contribution in [0.2, 0.25) is 5.02 Å². The Morgan fingerprint density at radius 1 is 1.06 bits per heavy atom. The average molecular weight is 479 g/mol. The number of nitrogens with zero attached hydrogens (tertiary/aromatic N) is 3. The third-order valence-corrected chi connectivity index (χ3v) is 6.99. The minimum atomic E-state index is -0.366. The van der Waals surface area contributed by atoms with E-state index < -0.39 is 0 Å². The van der Waals surface area contributed by atoms with Crippen molar-refractivity contribution in [2.75, 3.05) is 0 Å². The van der Waals surface area contributed by atoms with Crippen molar-refractivity contribution in [2.24, 2.45) is 5.41 Å². The Hall–Kier alpha value is -2.99. The highest BCUT2D eigenvalue weighted by molar-refractivity contribution is 6.33. The van der Waals surface area contributed by atoms with Gasteiger partial charge in [-0.05, 0) is 48.1 Å². The van der Waals surface area contributed by atoms with Gasteiger partial charge < -0.3 is 10.4 Å². The number of halogens is 1. The zero-order chi connectivity index (χ0) is 24.3. The third-order valence-electron chi connectivity index (χ3n) is 6.67. The summed E-state index contributed by atoms with van der Waals surface area (Å²) in [5, 5.41) is 13.8. The summed E-state index contributed by atoms with van der Waals surface area (Å²) in [7, 11) is 0. The van der Waals surface area contributed by atoms with Crippen molar-refractivity contribution in [2.45, 2.75) is 65.3 Å². The van der Waals surface area contributed by atoms with Crippen molar-refractivity contribution < 1.29 is 9.90 Å². The van der Waals surface area contributed by atoms with Crippen LogP contribution in [0.3, 0.4) is 0 Å². The molecule has 0 aliphatic heterocycles. The lowest BCUT2D eigenvalue weighted by Crippen LogP contribution is -2.39. The van der Waals surface area contributed by atoms with E-state index >= 15 is 0 Å². The zero-order valence-electron chi connectivity index (χ0n) is 19.9. The van der Waals surface area contributed by atoms with Gasteiger partial charge in [-0.1, -0.05) is 75.9 Å². The maximum atomic E-state index is 12.8. The molecule has 0 spiro atoms. The fraction of sp³-hybridized carbons (Fsp3) is 0.407. The highest BCUT2D eigenvalue weighted by Gasteiger charge is 2.34. The molecule has 1 saturated carbocycles. The van der Waals surface area contributed by atoms with Gasteiger partial charge >= 0.3 is 6.01 Å². The Labute approximate surface area is 205 Å². The van der Waals surface area contributed by atoms with Crippen LogP contribution >= 0.6 is 11.6 Å². The third kappa shape index (κ3) is 5.39. The fourth-order valence-electron chi connectivity index (χ4n) is 4.46. The van der Waals surface area contributed by atoms with Crippen LogP contribution in [0.15, 0.2) is 42.5 Å². The molecule has 7 heteroatoms.